The molecule has 0 atom stereocenters. The molecule has 0 spiro atoms. The van der Waals surface area contributed by atoms with Crippen LogP contribution in [0.4, 0.5) is 0 Å². The van der Waals surface area contributed by atoms with E-state index in [1.807, 2.05) is 24.3 Å². The fraction of sp³-hybridized carbons (Fsp3) is 0.304. The zero-order valence-electron chi connectivity index (χ0n) is 15.4. The Kier molecular flexibility index (Phi) is 7.67. The van der Waals surface area contributed by atoms with Crippen molar-refractivity contribution in [3.8, 4) is 0 Å². The van der Waals surface area contributed by atoms with E-state index in [9.17, 15) is 9.59 Å². The van der Waals surface area contributed by atoms with Gasteiger partial charge in [-0.15, -0.1) is 0 Å². The molecule has 0 saturated carbocycles. The third-order valence-electron chi connectivity index (χ3n) is 5.10. The second-order valence-corrected chi connectivity index (χ2v) is 9.25. The summed E-state index contributed by atoms with van der Waals surface area (Å²) >= 11 is 13.0. The highest BCUT2D eigenvalue weighted by molar-refractivity contribution is 9.10. The SMILES string of the molecule is O=C1CCCCc2ccc(Br)cc21.O=CC1=C(Cl)c2cc(Br)ccc2CCC1. The lowest BCUT2D eigenvalue weighted by atomic mass is 10.0. The highest BCUT2D eigenvalue weighted by Crippen LogP contribution is 2.33. The summed E-state index contributed by atoms with van der Waals surface area (Å²) in [5.74, 6) is 0.300. The van der Waals surface area contributed by atoms with Crippen LogP contribution in [0.3, 0.4) is 0 Å². The standard InChI is InChI=1S/C12H10BrClO.C11H11BrO/c13-10-5-4-8-2-1-3-9(7-15)12(14)11(8)6-10;12-9-6-5-8-3-1-2-4-11(13)10(8)7-9/h4-7H,1-3H2;5-7H,1-4H2. The topological polar surface area (TPSA) is 34.1 Å². The van der Waals surface area contributed by atoms with E-state index >= 15 is 0 Å². The molecular formula is C23H21Br2ClO2. The van der Waals surface area contributed by atoms with E-state index in [4.69, 9.17) is 11.6 Å². The molecule has 0 bridgehead atoms. The number of halogens is 3. The number of aldehydes is 1. The Hall–Kier alpha value is -1.23. The molecule has 0 saturated heterocycles. The van der Waals surface area contributed by atoms with Crippen molar-refractivity contribution in [3.63, 3.8) is 0 Å². The van der Waals surface area contributed by atoms with Gasteiger partial charge in [0.15, 0.2) is 5.78 Å². The number of allylic oxidation sites excluding steroid dienone is 1. The maximum absolute atomic E-state index is 11.6. The number of Topliss-reactive ketones (excluding diaryl/α,β-unsaturated/α-hetero) is 1. The zero-order chi connectivity index (χ0) is 20.1. The Balaban J connectivity index is 0.000000162. The maximum atomic E-state index is 11.6. The van der Waals surface area contributed by atoms with Crippen LogP contribution >= 0.6 is 43.5 Å². The zero-order valence-corrected chi connectivity index (χ0v) is 19.4. The molecule has 0 aliphatic heterocycles. The number of aryl methyl sites for hydroxylation is 2. The van der Waals surface area contributed by atoms with Gasteiger partial charge in [0.2, 0.25) is 0 Å². The van der Waals surface area contributed by atoms with Gasteiger partial charge in [-0.05, 0) is 79.5 Å². The summed E-state index contributed by atoms with van der Waals surface area (Å²) in [5.41, 5.74) is 5.07. The fourth-order valence-electron chi connectivity index (χ4n) is 3.60. The predicted octanol–water partition coefficient (Wildman–Crippen LogP) is 7.29. The van der Waals surface area contributed by atoms with Crippen LogP contribution in [-0.2, 0) is 17.6 Å². The molecule has 2 nitrogen and oxygen atoms in total. The lowest BCUT2D eigenvalue weighted by molar-refractivity contribution is -0.105. The molecule has 0 heterocycles. The molecule has 2 aromatic rings. The first-order chi connectivity index (χ1) is 13.5. The lowest BCUT2D eigenvalue weighted by Crippen LogP contribution is -1.99. The van der Waals surface area contributed by atoms with Crippen LogP contribution in [0.1, 0.15) is 59.2 Å². The van der Waals surface area contributed by atoms with Crippen LogP contribution in [0.25, 0.3) is 5.03 Å². The Morgan fingerprint density at radius 3 is 2.04 bits per heavy atom. The van der Waals surface area contributed by atoms with Crippen LogP contribution in [0, 0.1) is 0 Å². The quantitative estimate of drug-likeness (QED) is 0.290. The molecule has 5 heteroatoms. The molecule has 0 N–H and O–H groups in total. The molecule has 146 valence electrons. The van der Waals surface area contributed by atoms with Crippen LogP contribution < -0.4 is 0 Å². The first-order valence-electron chi connectivity index (χ1n) is 9.44. The molecule has 0 radical (unpaired) electrons. The van der Waals surface area contributed by atoms with Crippen molar-refractivity contribution in [3.05, 3.63) is 73.2 Å². The average molecular weight is 525 g/mol. The molecule has 2 aliphatic rings. The molecule has 0 amide bonds. The highest BCUT2D eigenvalue weighted by atomic mass is 79.9. The lowest BCUT2D eigenvalue weighted by Gasteiger charge is -2.06. The van der Waals surface area contributed by atoms with Crippen molar-refractivity contribution in [2.24, 2.45) is 0 Å². The first-order valence-corrected chi connectivity index (χ1v) is 11.4. The number of carbonyl (C=O) groups excluding carboxylic acids is 2. The Labute approximate surface area is 187 Å². The van der Waals surface area contributed by atoms with Crippen molar-refractivity contribution < 1.29 is 9.59 Å². The Morgan fingerprint density at radius 1 is 0.786 bits per heavy atom. The first kappa shape index (κ1) is 21.5. The smallest absolute Gasteiger partial charge is 0.163 e. The van der Waals surface area contributed by atoms with E-state index in [1.54, 1.807) is 0 Å². The fourth-order valence-corrected chi connectivity index (χ4v) is 4.63. The van der Waals surface area contributed by atoms with Crippen molar-refractivity contribution >= 4 is 60.6 Å². The van der Waals surface area contributed by atoms with Crippen LogP contribution in [0.2, 0.25) is 0 Å². The normalized spacial score (nSPS) is 16.2. The Morgan fingerprint density at radius 2 is 1.36 bits per heavy atom. The molecule has 4 rings (SSSR count). The molecule has 0 aromatic heterocycles. The molecular weight excluding hydrogens is 504 g/mol. The third-order valence-corrected chi connectivity index (χ3v) is 6.53. The van der Waals surface area contributed by atoms with Gasteiger partial charge in [0, 0.05) is 26.5 Å². The van der Waals surface area contributed by atoms with Gasteiger partial charge in [-0.3, -0.25) is 9.59 Å². The summed E-state index contributed by atoms with van der Waals surface area (Å²) in [6, 6.07) is 12.1. The summed E-state index contributed by atoms with van der Waals surface area (Å²) in [6.45, 7) is 0. The van der Waals surface area contributed by atoms with Crippen molar-refractivity contribution in [2.75, 3.05) is 0 Å². The second-order valence-electron chi connectivity index (χ2n) is 7.04. The number of carbonyl (C=O) groups is 2. The number of ketones is 1. The average Bonchev–Trinajstić information content (AvgIpc) is 2.96. The molecule has 2 aromatic carbocycles. The summed E-state index contributed by atoms with van der Waals surface area (Å²) < 4.78 is 1.99. The van der Waals surface area contributed by atoms with Crippen molar-refractivity contribution in [1.82, 2.24) is 0 Å². The van der Waals surface area contributed by atoms with E-state index < -0.39 is 0 Å². The molecule has 0 fully saturated rings. The molecule has 2 aliphatic carbocycles. The number of benzene rings is 2. The van der Waals surface area contributed by atoms with Crippen LogP contribution in [-0.4, -0.2) is 12.1 Å². The summed E-state index contributed by atoms with van der Waals surface area (Å²) in [6.07, 6.45) is 7.55. The van der Waals surface area contributed by atoms with E-state index in [0.29, 0.717) is 22.8 Å². The molecule has 28 heavy (non-hydrogen) atoms. The van der Waals surface area contributed by atoms with Gasteiger partial charge in [-0.1, -0.05) is 55.6 Å². The Bertz CT molecular complexity index is 934. The van der Waals surface area contributed by atoms with E-state index in [2.05, 4.69) is 44.0 Å². The van der Waals surface area contributed by atoms with E-state index in [0.717, 1.165) is 64.9 Å². The number of rotatable bonds is 1. The predicted molar refractivity (Wildman–Crippen MR) is 122 cm³/mol. The molecule has 0 unspecified atom stereocenters. The van der Waals surface area contributed by atoms with Crippen molar-refractivity contribution in [1.29, 1.82) is 0 Å². The van der Waals surface area contributed by atoms with Gasteiger partial charge in [0.1, 0.15) is 6.29 Å². The summed E-state index contributed by atoms with van der Waals surface area (Å²) in [5, 5.41) is 0.610. The largest absolute Gasteiger partial charge is 0.298 e. The van der Waals surface area contributed by atoms with Gasteiger partial charge in [-0.2, -0.15) is 0 Å². The van der Waals surface area contributed by atoms with Gasteiger partial charge in [0.25, 0.3) is 0 Å². The monoisotopic (exact) mass is 522 g/mol. The van der Waals surface area contributed by atoms with Gasteiger partial charge >= 0.3 is 0 Å². The highest BCUT2D eigenvalue weighted by Gasteiger charge is 2.16. The third kappa shape index (κ3) is 5.22. The maximum Gasteiger partial charge on any atom is 0.163 e. The number of fused-ring (bicyclic) bond motifs is 2. The van der Waals surface area contributed by atoms with Crippen LogP contribution in [0.5, 0.6) is 0 Å². The minimum absolute atomic E-state index is 0.300. The van der Waals surface area contributed by atoms with Crippen molar-refractivity contribution in [2.45, 2.75) is 44.9 Å². The number of hydrogen-bond acceptors (Lipinski definition) is 2. The minimum atomic E-state index is 0.300. The van der Waals surface area contributed by atoms with Gasteiger partial charge in [-0.25, -0.2) is 0 Å². The summed E-state index contributed by atoms with van der Waals surface area (Å²) in [7, 11) is 0. The van der Waals surface area contributed by atoms with E-state index in [-0.39, 0.29) is 0 Å². The van der Waals surface area contributed by atoms with E-state index in [1.165, 1.54) is 11.1 Å². The summed E-state index contributed by atoms with van der Waals surface area (Å²) in [4.78, 5) is 22.5. The van der Waals surface area contributed by atoms with Gasteiger partial charge < -0.3 is 0 Å². The van der Waals surface area contributed by atoms with Gasteiger partial charge in [0.05, 0.1) is 5.03 Å². The van der Waals surface area contributed by atoms with Crippen LogP contribution in [0.15, 0.2) is 50.9 Å². The number of hydrogen-bond donors (Lipinski definition) is 0. The second kappa shape index (κ2) is 10.00. The minimum Gasteiger partial charge on any atom is -0.298 e.